The molecule has 1 aromatic carbocycles. The zero-order chi connectivity index (χ0) is 23.5. The van der Waals surface area contributed by atoms with Crippen LogP contribution in [0.3, 0.4) is 0 Å². The van der Waals surface area contributed by atoms with Gasteiger partial charge in [-0.3, -0.25) is 19.1 Å². The number of hydrogen-bond acceptors (Lipinski definition) is 4. The second-order valence-electron chi connectivity index (χ2n) is 8.52. The molecule has 0 aliphatic carbocycles. The third-order valence-corrected chi connectivity index (χ3v) is 6.22. The fourth-order valence-corrected chi connectivity index (χ4v) is 4.25. The highest BCUT2D eigenvalue weighted by Crippen LogP contribution is 2.21. The molecule has 4 rings (SSSR count). The third kappa shape index (κ3) is 4.89. The van der Waals surface area contributed by atoms with E-state index in [4.69, 9.17) is 0 Å². The summed E-state index contributed by atoms with van der Waals surface area (Å²) >= 11 is 0. The first-order valence-corrected chi connectivity index (χ1v) is 11.2. The summed E-state index contributed by atoms with van der Waals surface area (Å²) in [6.45, 7) is 5.07. The summed E-state index contributed by atoms with van der Waals surface area (Å²) in [7, 11) is 1.85. The number of carbonyl (C=O) groups excluding carboxylic acids is 2. The molecule has 0 unspecified atom stereocenters. The first-order valence-electron chi connectivity index (χ1n) is 11.2. The Morgan fingerprint density at radius 2 is 1.94 bits per heavy atom. The molecule has 1 aliphatic rings. The van der Waals surface area contributed by atoms with Gasteiger partial charge in [0.2, 0.25) is 5.91 Å². The Morgan fingerprint density at radius 3 is 2.61 bits per heavy atom. The molecule has 2 amide bonds. The summed E-state index contributed by atoms with van der Waals surface area (Å²) < 4.78 is 3.36. The van der Waals surface area contributed by atoms with Crippen LogP contribution in [0.1, 0.15) is 45.4 Å². The fraction of sp³-hybridized carbons (Fsp3) is 0.360. The second-order valence-corrected chi connectivity index (χ2v) is 8.52. The molecule has 3 aromatic rings. The van der Waals surface area contributed by atoms with Gasteiger partial charge in [-0.25, -0.2) is 0 Å². The van der Waals surface area contributed by atoms with E-state index in [1.54, 1.807) is 21.1 Å². The normalized spacial score (nSPS) is 13.0. The molecular weight excluding hydrogens is 418 g/mol. The van der Waals surface area contributed by atoms with Crippen LogP contribution < -0.4 is 10.9 Å². The Bertz CT molecular complexity index is 1220. The van der Waals surface area contributed by atoms with Crippen molar-refractivity contribution in [2.45, 2.75) is 46.3 Å². The SMILES string of the molecule is CC(=O)N1CCc2c(cn(CCc3ccccc3)c(=O)c2C(=O)NCc2cc(C)n(C)n2)C1. The van der Waals surface area contributed by atoms with E-state index in [-0.39, 0.29) is 23.6 Å². The number of aryl methyl sites for hydroxylation is 4. The van der Waals surface area contributed by atoms with Crippen molar-refractivity contribution in [2.75, 3.05) is 6.54 Å². The van der Waals surface area contributed by atoms with E-state index in [0.717, 1.165) is 28.1 Å². The van der Waals surface area contributed by atoms with Crippen LogP contribution in [0.2, 0.25) is 0 Å². The number of hydrogen-bond donors (Lipinski definition) is 1. The van der Waals surface area contributed by atoms with Crippen molar-refractivity contribution in [2.24, 2.45) is 7.05 Å². The molecule has 0 spiro atoms. The van der Waals surface area contributed by atoms with Crippen molar-refractivity contribution in [1.82, 2.24) is 24.6 Å². The number of aromatic nitrogens is 3. The van der Waals surface area contributed by atoms with Gasteiger partial charge in [-0.05, 0) is 42.5 Å². The van der Waals surface area contributed by atoms with E-state index < -0.39 is 5.91 Å². The summed E-state index contributed by atoms with van der Waals surface area (Å²) in [5, 5.41) is 7.24. The van der Waals surface area contributed by atoms with Gasteiger partial charge in [0.15, 0.2) is 0 Å². The maximum atomic E-state index is 13.4. The van der Waals surface area contributed by atoms with Gasteiger partial charge in [0.05, 0.1) is 12.2 Å². The van der Waals surface area contributed by atoms with Crippen molar-refractivity contribution < 1.29 is 9.59 Å². The summed E-state index contributed by atoms with van der Waals surface area (Å²) in [5.74, 6) is -0.413. The number of pyridine rings is 1. The van der Waals surface area contributed by atoms with Crippen LogP contribution in [-0.4, -0.2) is 37.6 Å². The molecule has 0 bridgehead atoms. The lowest BCUT2D eigenvalue weighted by Crippen LogP contribution is -2.40. The minimum atomic E-state index is -0.398. The van der Waals surface area contributed by atoms with Crippen LogP contribution in [0.4, 0.5) is 0 Å². The minimum Gasteiger partial charge on any atom is -0.346 e. The predicted octanol–water partition coefficient (Wildman–Crippen LogP) is 1.97. The van der Waals surface area contributed by atoms with Crippen molar-refractivity contribution in [1.29, 1.82) is 0 Å². The lowest BCUT2D eigenvalue weighted by Gasteiger charge is -2.29. The van der Waals surface area contributed by atoms with E-state index in [0.29, 0.717) is 32.5 Å². The highest BCUT2D eigenvalue weighted by atomic mass is 16.2. The maximum absolute atomic E-state index is 13.4. The van der Waals surface area contributed by atoms with Crippen molar-refractivity contribution in [3.05, 3.63) is 86.6 Å². The Hall–Kier alpha value is -3.68. The highest BCUT2D eigenvalue weighted by Gasteiger charge is 2.27. The Labute approximate surface area is 192 Å². The number of fused-ring (bicyclic) bond motifs is 1. The smallest absolute Gasteiger partial charge is 0.263 e. The van der Waals surface area contributed by atoms with Gasteiger partial charge in [0, 0.05) is 45.5 Å². The van der Waals surface area contributed by atoms with Gasteiger partial charge >= 0.3 is 0 Å². The molecule has 8 nitrogen and oxygen atoms in total. The van der Waals surface area contributed by atoms with Gasteiger partial charge in [-0.1, -0.05) is 30.3 Å². The molecule has 2 aromatic heterocycles. The zero-order valence-corrected chi connectivity index (χ0v) is 19.3. The minimum absolute atomic E-state index is 0.0146. The van der Waals surface area contributed by atoms with Crippen molar-refractivity contribution in [3.8, 4) is 0 Å². The second kappa shape index (κ2) is 9.44. The third-order valence-electron chi connectivity index (χ3n) is 6.22. The topological polar surface area (TPSA) is 89.2 Å². The average Bonchev–Trinajstić information content (AvgIpc) is 3.13. The molecule has 0 saturated heterocycles. The summed E-state index contributed by atoms with van der Waals surface area (Å²) in [4.78, 5) is 40.3. The Morgan fingerprint density at radius 1 is 1.18 bits per heavy atom. The summed E-state index contributed by atoms with van der Waals surface area (Å²) in [5.41, 5.74) is 4.31. The van der Waals surface area contributed by atoms with E-state index >= 15 is 0 Å². The standard InChI is InChI=1S/C25H29N5O3/c1-17-13-21(27-28(17)3)14-26-24(32)23-22-10-12-29(18(2)31)15-20(22)16-30(25(23)33)11-9-19-7-5-4-6-8-19/h4-8,13,16H,9-12,14-15H2,1-3H3,(H,26,32). The predicted molar refractivity (Wildman–Crippen MR) is 125 cm³/mol. The molecule has 1 N–H and O–H groups in total. The lowest BCUT2D eigenvalue weighted by molar-refractivity contribution is -0.129. The van der Waals surface area contributed by atoms with Crippen LogP contribution >= 0.6 is 0 Å². The van der Waals surface area contributed by atoms with Crippen LogP contribution in [-0.2, 0) is 44.3 Å². The van der Waals surface area contributed by atoms with Gasteiger partial charge in [0.25, 0.3) is 11.5 Å². The maximum Gasteiger partial charge on any atom is 0.263 e. The summed E-state index contributed by atoms with van der Waals surface area (Å²) in [6.07, 6.45) is 2.97. The number of rotatable bonds is 6. The molecule has 33 heavy (non-hydrogen) atoms. The van der Waals surface area contributed by atoms with Crippen LogP contribution in [0.15, 0.2) is 47.4 Å². The Balaban J connectivity index is 1.64. The van der Waals surface area contributed by atoms with E-state index in [1.807, 2.05) is 56.6 Å². The lowest BCUT2D eigenvalue weighted by atomic mass is 9.95. The van der Waals surface area contributed by atoms with Crippen molar-refractivity contribution >= 4 is 11.8 Å². The molecule has 0 radical (unpaired) electrons. The number of amides is 2. The molecule has 0 saturated carbocycles. The molecule has 3 heterocycles. The van der Waals surface area contributed by atoms with Crippen LogP contribution in [0.5, 0.6) is 0 Å². The average molecular weight is 448 g/mol. The largest absolute Gasteiger partial charge is 0.346 e. The number of carbonyl (C=O) groups is 2. The van der Waals surface area contributed by atoms with Crippen molar-refractivity contribution in [3.63, 3.8) is 0 Å². The number of nitrogens with one attached hydrogen (secondary N) is 1. The molecule has 8 heteroatoms. The number of benzene rings is 1. The first kappa shape index (κ1) is 22.5. The van der Waals surface area contributed by atoms with Gasteiger partial charge in [-0.15, -0.1) is 0 Å². The van der Waals surface area contributed by atoms with E-state index in [2.05, 4.69) is 10.4 Å². The molecule has 1 aliphatic heterocycles. The zero-order valence-electron chi connectivity index (χ0n) is 19.3. The monoisotopic (exact) mass is 447 g/mol. The molecule has 0 atom stereocenters. The van der Waals surface area contributed by atoms with Gasteiger partial charge in [-0.2, -0.15) is 5.10 Å². The van der Waals surface area contributed by atoms with E-state index in [1.165, 1.54) is 0 Å². The first-order chi connectivity index (χ1) is 15.8. The van der Waals surface area contributed by atoms with Crippen LogP contribution in [0, 0.1) is 6.92 Å². The quantitative estimate of drug-likeness (QED) is 0.626. The molecule has 172 valence electrons. The summed E-state index contributed by atoms with van der Waals surface area (Å²) in [6, 6.07) is 11.8. The molecular formula is C25H29N5O3. The Kier molecular flexibility index (Phi) is 6.44. The van der Waals surface area contributed by atoms with Gasteiger partial charge < -0.3 is 14.8 Å². The highest BCUT2D eigenvalue weighted by molar-refractivity contribution is 5.95. The fourth-order valence-electron chi connectivity index (χ4n) is 4.25. The molecule has 0 fully saturated rings. The van der Waals surface area contributed by atoms with Crippen LogP contribution in [0.25, 0.3) is 0 Å². The van der Waals surface area contributed by atoms with Gasteiger partial charge in [0.1, 0.15) is 5.56 Å². The number of nitrogens with zero attached hydrogens (tertiary/aromatic N) is 4. The van der Waals surface area contributed by atoms with E-state index in [9.17, 15) is 14.4 Å².